The summed E-state index contributed by atoms with van der Waals surface area (Å²) in [6.45, 7) is 4.38. The topological polar surface area (TPSA) is 63.8 Å². The molecule has 0 saturated carbocycles. The van der Waals surface area contributed by atoms with Crippen LogP contribution >= 0.6 is 0 Å². The molecule has 1 heterocycles. The number of anilines is 1. The normalized spacial score (nSPS) is 11.4. The lowest BCUT2D eigenvalue weighted by Gasteiger charge is -2.23. The van der Waals surface area contributed by atoms with Gasteiger partial charge in [-0.2, -0.15) is 0 Å². The first-order chi connectivity index (χ1) is 9.02. The third kappa shape index (κ3) is 3.26. The molecular weight excluding hydrogens is 243 g/mol. The van der Waals surface area contributed by atoms with E-state index in [2.05, 4.69) is 15.3 Å². The molecule has 2 aromatic rings. The van der Waals surface area contributed by atoms with Crippen LogP contribution in [0.1, 0.15) is 13.8 Å². The highest BCUT2D eigenvalue weighted by atomic mass is 19.1. The summed E-state index contributed by atoms with van der Waals surface area (Å²) in [7, 11) is 0. The Bertz CT molecular complexity index is 552. The molecule has 100 valence electrons. The molecule has 19 heavy (non-hydrogen) atoms. The SMILES string of the molecule is CC(C)(CN)Nc1ncc(-c2ccccc2F)cn1. The molecule has 4 nitrogen and oxygen atoms in total. The number of nitrogens with zero attached hydrogens (tertiary/aromatic N) is 2. The predicted octanol–water partition coefficient (Wildman–Crippen LogP) is 2.43. The van der Waals surface area contributed by atoms with Crippen molar-refractivity contribution in [1.29, 1.82) is 0 Å². The molecule has 0 aliphatic carbocycles. The molecule has 0 radical (unpaired) electrons. The smallest absolute Gasteiger partial charge is 0.223 e. The molecule has 2 rings (SSSR count). The van der Waals surface area contributed by atoms with Gasteiger partial charge in [-0.15, -0.1) is 0 Å². The summed E-state index contributed by atoms with van der Waals surface area (Å²) in [5.41, 5.74) is 6.49. The molecule has 0 atom stereocenters. The number of hydrogen-bond acceptors (Lipinski definition) is 4. The molecule has 0 fully saturated rings. The zero-order chi connectivity index (χ0) is 13.9. The van der Waals surface area contributed by atoms with Gasteiger partial charge in [0.05, 0.1) is 0 Å². The van der Waals surface area contributed by atoms with Crippen LogP contribution in [0, 0.1) is 5.82 Å². The number of nitrogens with one attached hydrogen (secondary N) is 1. The number of aromatic nitrogens is 2. The van der Waals surface area contributed by atoms with Gasteiger partial charge in [0.2, 0.25) is 5.95 Å². The van der Waals surface area contributed by atoms with Crippen LogP contribution in [0.3, 0.4) is 0 Å². The number of nitrogens with two attached hydrogens (primary N) is 1. The first kappa shape index (κ1) is 13.4. The lowest BCUT2D eigenvalue weighted by Crippen LogP contribution is -2.39. The molecule has 1 aromatic carbocycles. The Morgan fingerprint density at radius 2 is 1.84 bits per heavy atom. The zero-order valence-electron chi connectivity index (χ0n) is 11.0. The molecule has 0 unspecified atom stereocenters. The van der Waals surface area contributed by atoms with Crippen LogP contribution in [-0.2, 0) is 0 Å². The largest absolute Gasteiger partial charge is 0.348 e. The van der Waals surface area contributed by atoms with E-state index >= 15 is 0 Å². The minimum absolute atomic E-state index is 0.278. The molecule has 5 heteroatoms. The quantitative estimate of drug-likeness (QED) is 0.886. The van der Waals surface area contributed by atoms with E-state index in [9.17, 15) is 4.39 Å². The summed E-state index contributed by atoms with van der Waals surface area (Å²) >= 11 is 0. The Balaban J connectivity index is 2.22. The molecular formula is C14H17FN4. The van der Waals surface area contributed by atoms with Crippen LogP contribution in [0.5, 0.6) is 0 Å². The van der Waals surface area contributed by atoms with Crippen molar-refractivity contribution in [2.24, 2.45) is 5.73 Å². The number of hydrogen-bond donors (Lipinski definition) is 2. The Labute approximate surface area is 111 Å². The Kier molecular flexibility index (Phi) is 3.76. The van der Waals surface area contributed by atoms with Gasteiger partial charge in [-0.05, 0) is 19.9 Å². The highest BCUT2D eigenvalue weighted by Crippen LogP contribution is 2.21. The van der Waals surface area contributed by atoms with Crippen LogP contribution < -0.4 is 11.1 Å². The standard InChI is InChI=1S/C14H17FN4/c1-14(2,9-16)19-13-17-7-10(8-18-13)11-5-3-4-6-12(11)15/h3-8H,9,16H2,1-2H3,(H,17,18,19). The van der Waals surface area contributed by atoms with Crippen LogP contribution in [0.15, 0.2) is 36.7 Å². The fourth-order valence-corrected chi connectivity index (χ4v) is 1.58. The molecule has 0 saturated heterocycles. The van der Waals surface area contributed by atoms with Crippen molar-refractivity contribution in [3.63, 3.8) is 0 Å². The molecule has 0 bridgehead atoms. The third-order valence-corrected chi connectivity index (χ3v) is 2.80. The summed E-state index contributed by atoms with van der Waals surface area (Å²) < 4.78 is 13.6. The van der Waals surface area contributed by atoms with Gasteiger partial charge in [0.25, 0.3) is 0 Å². The van der Waals surface area contributed by atoms with E-state index in [0.29, 0.717) is 23.6 Å². The average molecular weight is 260 g/mol. The second-order valence-corrected chi connectivity index (χ2v) is 4.99. The summed E-state index contributed by atoms with van der Waals surface area (Å²) in [6.07, 6.45) is 3.20. The second-order valence-electron chi connectivity index (χ2n) is 4.99. The van der Waals surface area contributed by atoms with Crippen molar-refractivity contribution in [3.05, 3.63) is 42.5 Å². The summed E-state index contributed by atoms with van der Waals surface area (Å²) in [6, 6.07) is 6.55. The van der Waals surface area contributed by atoms with E-state index in [1.807, 2.05) is 13.8 Å². The lowest BCUT2D eigenvalue weighted by atomic mass is 10.1. The first-order valence-electron chi connectivity index (χ1n) is 6.07. The fourth-order valence-electron chi connectivity index (χ4n) is 1.58. The van der Waals surface area contributed by atoms with Crippen LogP contribution in [0.25, 0.3) is 11.1 Å². The minimum Gasteiger partial charge on any atom is -0.348 e. The second kappa shape index (κ2) is 5.32. The molecule has 0 aliphatic rings. The highest BCUT2D eigenvalue weighted by molar-refractivity contribution is 5.62. The fraction of sp³-hybridized carbons (Fsp3) is 0.286. The van der Waals surface area contributed by atoms with E-state index in [1.165, 1.54) is 6.07 Å². The summed E-state index contributed by atoms with van der Waals surface area (Å²) in [5, 5.41) is 3.12. The van der Waals surface area contributed by atoms with Gasteiger partial charge in [-0.25, -0.2) is 14.4 Å². The maximum absolute atomic E-state index is 13.6. The van der Waals surface area contributed by atoms with Crippen molar-refractivity contribution >= 4 is 5.95 Å². The maximum atomic E-state index is 13.6. The van der Waals surface area contributed by atoms with Crippen molar-refractivity contribution in [1.82, 2.24) is 9.97 Å². The van der Waals surface area contributed by atoms with Gasteiger partial charge >= 0.3 is 0 Å². The van der Waals surface area contributed by atoms with E-state index in [4.69, 9.17) is 5.73 Å². The summed E-state index contributed by atoms with van der Waals surface area (Å²) in [5.74, 6) is 0.199. The number of benzene rings is 1. The van der Waals surface area contributed by atoms with E-state index in [1.54, 1.807) is 30.6 Å². The lowest BCUT2D eigenvalue weighted by molar-refractivity contribution is 0.574. The van der Waals surface area contributed by atoms with Gasteiger partial charge in [0.15, 0.2) is 0 Å². The molecule has 0 amide bonds. The zero-order valence-corrected chi connectivity index (χ0v) is 11.0. The van der Waals surface area contributed by atoms with E-state index in [0.717, 1.165) is 0 Å². The first-order valence-corrected chi connectivity index (χ1v) is 6.07. The van der Waals surface area contributed by atoms with E-state index < -0.39 is 0 Å². The monoisotopic (exact) mass is 260 g/mol. The Morgan fingerprint density at radius 1 is 1.21 bits per heavy atom. The Hall–Kier alpha value is -2.01. The van der Waals surface area contributed by atoms with Crippen molar-refractivity contribution in [3.8, 4) is 11.1 Å². The van der Waals surface area contributed by atoms with Crippen LogP contribution in [-0.4, -0.2) is 22.1 Å². The van der Waals surface area contributed by atoms with Crippen LogP contribution in [0.4, 0.5) is 10.3 Å². The van der Waals surface area contributed by atoms with Crippen molar-refractivity contribution in [2.45, 2.75) is 19.4 Å². The minimum atomic E-state index is -0.283. The van der Waals surface area contributed by atoms with Gasteiger partial charge < -0.3 is 11.1 Å². The summed E-state index contributed by atoms with van der Waals surface area (Å²) in [4.78, 5) is 8.37. The van der Waals surface area contributed by atoms with Gasteiger partial charge in [-0.1, -0.05) is 18.2 Å². The van der Waals surface area contributed by atoms with Crippen molar-refractivity contribution in [2.75, 3.05) is 11.9 Å². The van der Waals surface area contributed by atoms with Gasteiger partial charge in [0, 0.05) is 35.6 Å². The molecule has 0 spiro atoms. The maximum Gasteiger partial charge on any atom is 0.223 e. The average Bonchev–Trinajstić information content (AvgIpc) is 2.40. The third-order valence-electron chi connectivity index (χ3n) is 2.80. The molecule has 0 aliphatic heterocycles. The van der Waals surface area contributed by atoms with E-state index in [-0.39, 0.29) is 11.4 Å². The molecule has 1 aromatic heterocycles. The highest BCUT2D eigenvalue weighted by Gasteiger charge is 2.16. The number of halogens is 1. The number of rotatable bonds is 4. The molecule has 3 N–H and O–H groups in total. The Morgan fingerprint density at radius 3 is 2.42 bits per heavy atom. The van der Waals surface area contributed by atoms with Gasteiger partial charge in [0.1, 0.15) is 5.82 Å². The predicted molar refractivity (Wildman–Crippen MR) is 74.2 cm³/mol. The van der Waals surface area contributed by atoms with Crippen molar-refractivity contribution < 1.29 is 4.39 Å². The van der Waals surface area contributed by atoms with Gasteiger partial charge in [-0.3, -0.25) is 0 Å². The van der Waals surface area contributed by atoms with Crippen LogP contribution in [0.2, 0.25) is 0 Å².